The summed E-state index contributed by atoms with van der Waals surface area (Å²) in [5, 5.41) is 4.24. The van der Waals surface area contributed by atoms with Gasteiger partial charge in [0.15, 0.2) is 6.61 Å². The van der Waals surface area contributed by atoms with E-state index in [9.17, 15) is 19.2 Å². The van der Waals surface area contributed by atoms with Crippen LogP contribution in [0.1, 0.15) is 27.9 Å². The SMILES string of the molecule is Cc1ccc(C)c(NC(=O)COC(=O)[C@@H]2CC(=O)N(NC(=O)c3ccc(Cl)c(Cl)c3)C2)c1. The van der Waals surface area contributed by atoms with Crippen molar-refractivity contribution in [2.45, 2.75) is 20.3 Å². The third kappa shape index (κ3) is 5.77. The number of amides is 3. The molecule has 3 amide bonds. The van der Waals surface area contributed by atoms with Crippen molar-refractivity contribution in [1.82, 2.24) is 10.4 Å². The molecule has 10 heteroatoms. The fourth-order valence-corrected chi connectivity index (χ4v) is 3.41. The number of halogens is 2. The van der Waals surface area contributed by atoms with Gasteiger partial charge in [-0.15, -0.1) is 0 Å². The van der Waals surface area contributed by atoms with Gasteiger partial charge in [0.2, 0.25) is 5.91 Å². The minimum absolute atomic E-state index is 0.0661. The number of hydrogen-bond donors (Lipinski definition) is 2. The summed E-state index contributed by atoms with van der Waals surface area (Å²) < 4.78 is 5.07. The summed E-state index contributed by atoms with van der Waals surface area (Å²) in [7, 11) is 0. The Labute approximate surface area is 194 Å². The molecule has 0 aliphatic carbocycles. The second-order valence-corrected chi connectivity index (χ2v) is 8.26. The fraction of sp³-hybridized carbons (Fsp3) is 0.273. The van der Waals surface area contributed by atoms with Gasteiger partial charge in [0.25, 0.3) is 11.8 Å². The van der Waals surface area contributed by atoms with Crippen LogP contribution in [0.5, 0.6) is 0 Å². The zero-order chi connectivity index (χ0) is 23.4. The van der Waals surface area contributed by atoms with Gasteiger partial charge in [0, 0.05) is 17.7 Å². The van der Waals surface area contributed by atoms with E-state index in [2.05, 4.69) is 10.7 Å². The molecule has 0 spiro atoms. The number of hydrogen-bond acceptors (Lipinski definition) is 5. The number of nitrogens with zero attached hydrogens (tertiary/aromatic N) is 1. The molecule has 1 aliphatic rings. The van der Waals surface area contributed by atoms with Crippen LogP contribution in [0.4, 0.5) is 5.69 Å². The molecule has 0 saturated carbocycles. The molecule has 32 heavy (non-hydrogen) atoms. The van der Waals surface area contributed by atoms with E-state index in [4.69, 9.17) is 27.9 Å². The Kier molecular flexibility index (Phi) is 7.37. The van der Waals surface area contributed by atoms with E-state index in [1.165, 1.54) is 18.2 Å². The van der Waals surface area contributed by atoms with Crippen LogP contribution in [-0.2, 0) is 19.1 Å². The summed E-state index contributed by atoms with van der Waals surface area (Å²) >= 11 is 11.7. The molecular weight excluding hydrogens is 457 g/mol. The lowest BCUT2D eigenvalue weighted by Gasteiger charge is -2.17. The number of esters is 1. The fourth-order valence-electron chi connectivity index (χ4n) is 3.11. The first-order valence-corrected chi connectivity index (χ1v) is 10.5. The number of rotatable bonds is 6. The number of nitrogens with one attached hydrogen (secondary N) is 2. The van der Waals surface area contributed by atoms with Gasteiger partial charge in [-0.2, -0.15) is 0 Å². The maximum atomic E-state index is 12.4. The topological polar surface area (TPSA) is 105 Å². The molecule has 8 nitrogen and oxygen atoms in total. The standard InChI is InChI=1S/C22H21Cl2N3O5/c1-12-3-4-13(2)18(7-12)25-19(28)11-32-22(31)15-9-20(29)27(10-15)26-21(30)14-5-6-16(23)17(24)8-14/h3-8,15H,9-11H2,1-2H3,(H,25,28)(H,26,30)/t15-/m1/s1. The highest BCUT2D eigenvalue weighted by molar-refractivity contribution is 6.42. The Morgan fingerprint density at radius 1 is 1.09 bits per heavy atom. The molecule has 2 N–H and O–H groups in total. The predicted octanol–water partition coefficient (Wildman–Crippen LogP) is 3.29. The predicted molar refractivity (Wildman–Crippen MR) is 119 cm³/mol. The van der Waals surface area contributed by atoms with E-state index >= 15 is 0 Å². The van der Waals surface area contributed by atoms with Crippen LogP contribution in [0.3, 0.4) is 0 Å². The molecule has 0 radical (unpaired) electrons. The molecule has 1 saturated heterocycles. The van der Waals surface area contributed by atoms with Crippen molar-refractivity contribution < 1.29 is 23.9 Å². The molecule has 1 aliphatic heterocycles. The first-order valence-electron chi connectivity index (χ1n) is 9.74. The van der Waals surface area contributed by atoms with Gasteiger partial charge in [-0.25, -0.2) is 0 Å². The average Bonchev–Trinajstić information content (AvgIpc) is 3.11. The lowest BCUT2D eigenvalue weighted by atomic mass is 10.1. The highest BCUT2D eigenvalue weighted by atomic mass is 35.5. The van der Waals surface area contributed by atoms with Gasteiger partial charge in [-0.05, 0) is 49.2 Å². The van der Waals surface area contributed by atoms with Crippen molar-refractivity contribution in [2.75, 3.05) is 18.5 Å². The molecule has 0 aromatic heterocycles. The molecule has 0 bridgehead atoms. The lowest BCUT2D eigenvalue weighted by molar-refractivity contribution is -0.151. The Morgan fingerprint density at radius 2 is 1.84 bits per heavy atom. The van der Waals surface area contributed by atoms with Crippen molar-refractivity contribution in [3.05, 3.63) is 63.1 Å². The molecule has 1 heterocycles. The number of aryl methyl sites for hydroxylation is 2. The van der Waals surface area contributed by atoms with E-state index in [0.29, 0.717) is 10.7 Å². The van der Waals surface area contributed by atoms with E-state index < -0.39 is 36.2 Å². The summed E-state index contributed by atoms with van der Waals surface area (Å²) in [6, 6.07) is 9.92. The van der Waals surface area contributed by atoms with Gasteiger partial charge in [-0.3, -0.25) is 29.6 Å². The van der Waals surface area contributed by atoms with Crippen LogP contribution in [0, 0.1) is 19.8 Å². The van der Waals surface area contributed by atoms with Gasteiger partial charge in [0.05, 0.1) is 22.5 Å². The number of carbonyl (C=O) groups excluding carboxylic acids is 4. The summed E-state index contributed by atoms with van der Waals surface area (Å²) in [4.78, 5) is 49.0. The Bertz CT molecular complexity index is 1090. The molecular formula is C22H21Cl2N3O5. The second-order valence-electron chi connectivity index (χ2n) is 7.45. The quantitative estimate of drug-likeness (QED) is 0.621. The normalized spacial score (nSPS) is 15.4. The zero-order valence-electron chi connectivity index (χ0n) is 17.4. The van der Waals surface area contributed by atoms with Crippen molar-refractivity contribution in [3.63, 3.8) is 0 Å². The highest BCUT2D eigenvalue weighted by Crippen LogP contribution is 2.23. The van der Waals surface area contributed by atoms with Crippen molar-refractivity contribution in [3.8, 4) is 0 Å². The van der Waals surface area contributed by atoms with Gasteiger partial charge in [-0.1, -0.05) is 35.3 Å². The zero-order valence-corrected chi connectivity index (χ0v) is 18.9. The number of benzene rings is 2. The van der Waals surface area contributed by atoms with E-state index in [1.807, 2.05) is 32.0 Å². The number of anilines is 1. The van der Waals surface area contributed by atoms with Crippen molar-refractivity contribution in [1.29, 1.82) is 0 Å². The molecule has 2 aromatic rings. The van der Waals surface area contributed by atoms with Crippen molar-refractivity contribution in [2.24, 2.45) is 5.92 Å². The van der Waals surface area contributed by atoms with Crippen LogP contribution in [0.15, 0.2) is 36.4 Å². The minimum atomic E-state index is -0.801. The molecule has 1 fully saturated rings. The molecule has 3 rings (SSSR count). The Morgan fingerprint density at radius 3 is 2.56 bits per heavy atom. The Hall–Kier alpha value is -3.10. The summed E-state index contributed by atoms with van der Waals surface area (Å²) in [5.74, 6) is -2.99. The third-order valence-electron chi connectivity index (χ3n) is 4.89. The third-order valence-corrected chi connectivity index (χ3v) is 5.63. The second kappa shape index (κ2) is 10.0. The van der Waals surface area contributed by atoms with E-state index in [0.717, 1.165) is 16.1 Å². The molecule has 1 atom stereocenters. The van der Waals surface area contributed by atoms with Crippen LogP contribution < -0.4 is 10.7 Å². The van der Waals surface area contributed by atoms with Crippen molar-refractivity contribution >= 4 is 52.6 Å². The number of carbonyl (C=O) groups is 4. The molecule has 0 unspecified atom stereocenters. The summed E-state index contributed by atoms with van der Waals surface area (Å²) in [6.07, 6.45) is -0.140. The van der Waals surface area contributed by atoms with Crippen LogP contribution >= 0.6 is 23.2 Å². The minimum Gasteiger partial charge on any atom is -0.455 e. The first kappa shape index (κ1) is 23.6. The van der Waals surface area contributed by atoms with Crippen LogP contribution in [0.2, 0.25) is 10.0 Å². The Balaban J connectivity index is 1.51. The number of hydrazine groups is 1. The highest BCUT2D eigenvalue weighted by Gasteiger charge is 2.36. The smallest absolute Gasteiger partial charge is 0.311 e. The van der Waals surface area contributed by atoms with Crippen LogP contribution in [-0.4, -0.2) is 41.9 Å². The lowest BCUT2D eigenvalue weighted by Crippen LogP contribution is -2.43. The maximum Gasteiger partial charge on any atom is 0.311 e. The van der Waals surface area contributed by atoms with Gasteiger partial charge < -0.3 is 10.1 Å². The van der Waals surface area contributed by atoms with Crippen LogP contribution in [0.25, 0.3) is 0 Å². The van der Waals surface area contributed by atoms with E-state index in [1.54, 1.807) is 0 Å². The maximum absolute atomic E-state index is 12.4. The van der Waals surface area contributed by atoms with E-state index in [-0.39, 0.29) is 23.6 Å². The number of ether oxygens (including phenoxy) is 1. The first-order chi connectivity index (χ1) is 15.1. The summed E-state index contributed by atoms with van der Waals surface area (Å²) in [5.41, 5.74) is 5.15. The molecule has 2 aromatic carbocycles. The van der Waals surface area contributed by atoms with Gasteiger partial charge >= 0.3 is 5.97 Å². The largest absolute Gasteiger partial charge is 0.455 e. The molecule has 168 valence electrons. The average molecular weight is 478 g/mol. The summed E-state index contributed by atoms with van der Waals surface area (Å²) in [6.45, 7) is 3.21. The van der Waals surface area contributed by atoms with Gasteiger partial charge in [0.1, 0.15) is 0 Å². The monoisotopic (exact) mass is 477 g/mol.